The molecule has 0 fully saturated rings. The molecule has 0 bridgehead atoms. The normalized spacial score (nSPS) is 11.9. The first kappa shape index (κ1) is 28.2. The minimum atomic E-state index is -0.139. The van der Waals surface area contributed by atoms with E-state index in [1.807, 2.05) is 82.3 Å². The van der Waals surface area contributed by atoms with Gasteiger partial charge in [-0.1, -0.05) is 88.9 Å². The summed E-state index contributed by atoms with van der Waals surface area (Å²) in [6.45, 7) is 12.2. The summed E-state index contributed by atoms with van der Waals surface area (Å²) in [5.74, 6) is -0.138. The third-order valence-corrected chi connectivity index (χ3v) is 6.67. The standard InChI is InChI=1S/C31H23N3O2.2C2H6/c1-2-29(35)33-17-16-23-11-13-25(19-28(23)33)34-30(36)15-12-24-20-32-27-14-10-22(18-26(27)31(24)34)9-8-21-6-4-3-5-7-21;2*1-2/h2-15,18-20H,1,16-17H2;2*1-2H3/b9-8+;;. The molecule has 5 nitrogen and oxygen atoms in total. The van der Waals surface area contributed by atoms with Crippen LogP contribution in [0.5, 0.6) is 0 Å². The Balaban J connectivity index is 0.000000886. The minimum Gasteiger partial charge on any atom is -0.308 e. The maximum absolute atomic E-state index is 13.3. The number of aromatic nitrogens is 2. The van der Waals surface area contributed by atoms with E-state index in [1.165, 1.54) is 6.08 Å². The van der Waals surface area contributed by atoms with Gasteiger partial charge in [-0.3, -0.25) is 19.1 Å². The van der Waals surface area contributed by atoms with Crippen LogP contribution in [-0.2, 0) is 11.2 Å². The van der Waals surface area contributed by atoms with Gasteiger partial charge >= 0.3 is 0 Å². The number of carbonyl (C=O) groups excluding carboxylic acids is 1. The van der Waals surface area contributed by atoms with Crippen LogP contribution in [0.2, 0.25) is 0 Å². The molecule has 0 unspecified atom stereocenters. The van der Waals surface area contributed by atoms with E-state index >= 15 is 0 Å². The smallest absolute Gasteiger partial charge is 0.255 e. The Hall–Kier alpha value is -4.77. The number of hydrogen-bond acceptors (Lipinski definition) is 3. The van der Waals surface area contributed by atoms with Crippen molar-refractivity contribution < 1.29 is 4.79 Å². The first-order valence-corrected chi connectivity index (χ1v) is 13.9. The molecule has 1 aliphatic heterocycles. The fourth-order valence-corrected chi connectivity index (χ4v) is 4.89. The summed E-state index contributed by atoms with van der Waals surface area (Å²) in [7, 11) is 0. The summed E-state index contributed by atoms with van der Waals surface area (Å²) in [4.78, 5) is 32.0. The lowest BCUT2D eigenvalue weighted by atomic mass is 10.1. The highest BCUT2D eigenvalue weighted by atomic mass is 16.2. The first-order chi connectivity index (χ1) is 19.6. The number of benzene rings is 3. The van der Waals surface area contributed by atoms with Crippen molar-refractivity contribution in [3.63, 3.8) is 0 Å². The van der Waals surface area contributed by atoms with Gasteiger partial charge in [-0.25, -0.2) is 0 Å². The number of nitrogens with zero attached hydrogens (tertiary/aromatic N) is 3. The molecule has 0 atom stereocenters. The fourth-order valence-electron chi connectivity index (χ4n) is 4.89. The van der Waals surface area contributed by atoms with E-state index in [0.717, 1.165) is 50.6 Å². The number of fused-ring (bicyclic) bond motifs is 4. The number of carbonyl (C=O) groups is 1. The van der Waals surface area contributed by atoms with Crippen LogP contribution in [-0.4, -0.2) is 22.0 Å². The molecule has 3 aromatic carbocycles. The minimum absolute atomic E-state index is 0.138. The highest BCUT2D eigenvalue weighted by Gasteiger charge is 2.24. The van der Waals surface area contributed by atoms with Crippen molar-refractivity contribution >= 4 is 45.6 Å². The van der Waals surface area contributed by atoms with Crippen molar-refractivity contribution in [3.05, 3.63) is 125 Å². The Morgan fingerprint density at radius 1 is 0.875 bits per heavy atom. The van der Waals surface area contributed by atoms with E-state index in [4.69, 9.17) is 0 Å². The van der Waals surface area contributed by atoms with E-state index in [1.54, 1.807) is 21.7 Å². The molecule has 0 aliphatic carbocycles. The number of anilines is 1. The van der Waals surface area contributed by atoms with Crippen LogP contribution < -0.4 is 10.5 Å². The maximum Gasteiger partial charge on any atom is 0.255 e. The number of pyridine rings is 2. The predicted octanol–water partition coefficient (Wildman–Crippen LogP) is 7.84. The van der Waals surface area contributed by atoms with Crippen LogP contribution in [0.1, 0.15) is 44.4 Å². The van der Waals surface area contributed by atoms with Crippen molar-refractivity contribution in [2.75, 3.05) is 11.4 Å². The largest absolute Gasteiger partial charge is 0.308 e. The van der Waals surface area contributed by atoms with Crippen molar-refractivity contribution in [2.45, 2.75) is 34.1 Å². The van der Waals surface area contributed by atoms with Gasteiger partial charge in [0.05, 0.1) is 16.7 Å². The zero-order valence-electron chi connectivity index (χ0n) is 23.6. The molecule has 5 heteroatoms. The summed E-state index contributed by atoms with van der Waals surface area (Å²) in [6, 6.07) is 25.5. The van der Waals surface area contributed by atoms with Crippen molar-refractivity contribution in [2.24, 2.45) is 0 Å². The van der Waals surface area contributed by atoms with Crippen LogP contribution >= 0.6 is 0 Å². The number of amides is 1. The van der Waals surface area contributed by atoms with Gasteiger partial charge in [0.1, 0.15) is 0 Å². The molecule has 5 aromatic rings. The molecule has 1 amide bonds. The third-order valence-electron chi connectivity index (χ3n) is 6.67. The van der Waals surface area contributed by atoms with Gasteiger partial charge in [-0.15, -0.1) is 0 Å². The van der Waals surface area contributed by atoms with E-state index < -0.39 is 0 Å². The quantitative estimate of drug-likeness (QED) is 0.135. The van der Waals surface area contributed by atoms with E-state index in [2.05, 4.69) is 41.9 Å². The summed E-state index contributed by atoms with van der Waals surface area (Å²) in [6.07, 6.45) is 8.04. The number of hydrogen-bond donors (Lipinski definition) is 0. The second-order valence-corrected chi connectivity index (χ2v) is 8.85. The number of rotatable bonds is 4. The average molecular weight is 530 g/mol. The molecule has 0 spiro atoms. The molecular weight excluding hydrogens is 494 g/mol. The molecule has 1 aliphatic rings. The molecule has 0 saturated carbocycles. The van der Waals surface area contributed by atoms with Gasteiger partial charge in [-0.05, 0) is 59.5 Å². The first-order valence-electron chi connectivity index (χ1n) is 13.9. The van der Waals surface area contributed by atoms with E-state index in [9.17, 15) is 9.59 Å². The van der Waals surface area contributed by atoms with Gasteiger partial charge in [0.15, 0.2) is 0 Å². The monoisotopic (exact) mass is 529 g/mol. The van der Waals surface area contributed by atoms with Crippen LogP contribution in [0.25, 0.3) is 39.6 Å². The predicted molar refractivity (Wildman–Crippen MR) is 169 cm³/mol. The van der Waals surface area contributed by atoms with Gasteiger partial charge in [0.2, 0.25) is 5.91 Å². The van der Waals surface area contributed by atoms with Crippen molar-refractivity contribution in [3.8, 4) is 5.69 Å². The summed E-state index contributed by atoms with van der Waals surface area (Å²) in [5, 5.41) is 1.76. The Morgan fingerprint density at radius 3 is 2.38 bits per heavy atom. The third kappa shape index (κ3) is 5.50. The second kappa shape index (κ2) is 12.9. The van der Waals surface area contributed by atoms with Gasteiger partial charge in [0, 0.05) is 35.3 Å². The van der Waals surface area contributed by atoms with Crippen molar-refractivity contribution in [1.29, 1.82) is 0 Å². The lowest BCUT2D eigenvalue weighted by Gasteiger charge is -2.18. The topological polar surface area (TPSA) is 55.2 Å². The molecule has 0 N–H and O–H groups in total. The van der Waals surface area contributed by atoms with Gasteiger partial charge in [-0.2, -0.15) is 0 Å². The zero-order valence-corrected chi connectivity index (χ0v) is 23.6. The highest BCUT2D eigenvalue weighted by molar-refractivity contribution is 6.05. The Labute approximate surface area is 235 Å². The second-order valence-electron chi connectivity index (χ2n) is 8.85. The molecule has 3 heterocycles. The highest BCUT2D eigenvalue weighted by Crippen LogP contribution is 2.32. The summed E-state index contributed by atoms with van der Waals surface area (Å²) in [5.41, 5.74) is 6.21. The van der Waals surface area contributed by atoms with Crippen LogP contribution in [0.4, 0.5) is 5.69 Å². The van der Waals surface area contributed by atoms with Crippen LogP contribution in [0, 0.1) is 0 Å². The molecule has 2 aromatic heterocycles. The molecule has 202 valence electrons. The molecule has 6 rings (SSSR count). The fraction of sp³-hybridized carbons (Fsp3) is 0.171. The van der Waals surface area contributed by atoms with Crippen LogP contribution in [0.3, 0.4) is 0 Å². The van der Waals surface area contributed by atoms with E-state index in [-0.39, 0.29) is 11.5 Å². The Morgan fingerprint density at radius 2 is 1.62 bits per heavy atom. The summed E-state index contributed by atoms with van der Waals surface area (Å²) >= 11 is 0. The average Bonchev–Trinajstić information content (AvgIpc) is 3.45. The van der Waals surface area contributed by atoms with E-state index in [0.29, 0.717) is 12.2 Å². The van der Waals surface area contributed by atoms with Gasteiger partial charge in [0.25, 0.3) is 5.56 Å². The van der Waals surface area contributed by atoms with Crippen molar-refractivity contribution in [1.82, 2.24) is 9.55 Å². The summed E-state index contributed by atoms with van der Waals surface area (Å²) < 4.78 is 1.72. The molecular formula is C35H35N3O2. The molecule has 0 saturated heterocycles. The lowest BCUT2D eigenvalue weighted by Crippen LogP contribution is -2.27. The SMILES string of the molecule is C=CC(=O)N1CCc2ccc(-n3c(=O)ccc4cnc5ccc(/C=C/c6ccccc6)cc5c43)cc21.CC.CC. The molecule has 40 heavy (non-hydrogen) atoms. The Bertz CT molecular complexity index is 1750. The maximum atomic E-state index is 13.3. The zero-order chi connectivity index (χ0) is 28.6. The molecule has 0 radical (unpaired) electrons. The lowest BCUT2D eigenvalue weighted by molar-refractivity contribution is -0.114. The van der Waals surface area contributed by atoms with Gasteiger partial charge < -0.3 is 4.90 Å². The Kier molecular flexibility index (Phi) is 9.07. The van der Waals surface area contributed by atoms with Crippen LogP contribution in [0.15, 0.2) is 103 Å².